The Balaban J connectivity index is 2.04. The number of amides is 1. The van der Waals surface area contributed by atoms with Crippen LogP contribution in [-0.4, -0.2) is 37.1 Å². The van der Waals surface area contributed by atoms with Crippen molar-refractivity contribution in [1.82, 2.24) is 9.62 Å². The molecule has 2 aromatic rings. The summed E-state index contributed by atoms with van der Waals surface area (Å²) in [5.41, 5.74) is -0.327. The van der Waals surface area contributed by atoms with Crippen LogP contribution in [-0.2, 0) is 21.4 Å². The average Bonchev–Trinajstić information content (AvgIpc) is 3.06. The molecule has 0 spiro atoms. The number of carbonyl (C=O) groups excluding carboxylic acids is 1. The van der Waals surface area contributed by atoms with E-state index in [1.165, 1.54) is 36.6 Å². The molecule has 0 aliphatic rings. The lowest BCUT2D eigenvalue weighted by Crippen LogP contribution is -2.38. The minimum absolute atomic E-state index is 0.231. The van der Waals surface area contributed by atoms with Gasteiger partial charge < -0.3 is 5.32 Å². The fourth-order valence-corrected chi connectivity index (χ4v) is 3.69. The lowest BCUT2D eigenvalue weighted by molar-refractivity contribution is -0.385. The zero-order chi connectivity index (χ0) is 17.7. The highest BCUT2D eigenvalue weighted by Crippen LogP contribution is 2.20. The Labute approximate surface area is 142 Å². The van der Waals surface area contributed by atoms with E-state index in [1.807, 2.05) is 17.5 Å². The van der Waals surface area contributed by atoms with Gasteiger partial charge in [-0.05, 0) is 17.5 Å². The van der Waals surface area contributed by atoms with Crippen molar-refractivity contribution in [3.8, 4) is 0 Å². The molecule has 0 saturated heterocycles. The summed E-state index contributed by atoms with van der Waals surface area (Å²) in [5.74, 6) is -0.458. The molecular formula is C14H15N3O5S2. The number of nitro groups is 1. The largest absolute Gasteiger partial charge is 0.350 e. The fraction of sp³-hybridized carbons (Fsp3) is 0.214. The van der Waals surface area contributed by atoms with Gasteiger partial charge in [0, 0.05) is 24.1 Å². The van der Waals surface area contributed by atoms with Gasteiger partial charge in [-0.3, -0.25) is 14.9 Å². The number of thiophene rings is 1. The van der Waals surface area contributed by atoms with E-state index in [0.717, 1.165) is 15.2 Å². The SMILES string of the molecule is CN(CC(=O)NCc1cccs1)S(=O)(=O)c1cccc([N+](=O)[O-])c1. The van der Waals surface area contributed by atoms with Gasteiger partial charge in [0.15, 0.2) is 0 Å². The van der Waals surface area contributed by atoms with Crippen LogP contribution in [0.15, 0.2) is 46.7 Å². The second-order valence-electron chi connectivity index (χ2n) is 4.87. The number of sulfonamides is 1. The molecule has 8 nitrogen and oxygen atoms in total. The maximum atomic E-state index is 12.4. The van der Waals surface area contributed by atoms with Gasteiger partial charge in [-0.2, -0.15) is 4.31 Å². The minimum Gasteiger partial charge on any atom is -0.350 e. The highest BCUT2D eigenvalue weighted by atomic mass is 32.2. The molecule has 10 heteroatoms. The van der Waals surface area contributed by atoms with Crippen molar-refractivity contribution in [2.75, 3.05) is 13.6 Å². The van der Waals surface area contributed by atoms with E-state index in [1.54, 1.807) is 0 Å². The third-order valence-electron chi connectivity index (χ3n) is 3.14. The number of rotatable bonds is 7. The van der Waals surface area contributed by atoms with Crippen molar-refractivity contribution in [3.63, 3.8) is 0 Å². The van der Waals surface area contributed by atoms with Crippen molar-refractivity contribution < 1.29 is 18.1 Å². The Morgan fingerprint density at radius 2 is 2.08 bits per heavy atom. The molecule has 0 bridgehead atoms. The first-order chi connectivity index (χ1) is 11.3. The topological polar surface area (TPSA) is 110 Å². The third kappa shape index (κ3) is 4.37. The van der Waals surface area contributed by atoms with Crippen LogP contribution >= 0.6 is 11.3 Å². The molecule has 0 saturated carbocycles. The quantitative estimate of drug-likeness (QED) is 0.589. The summed E-state index contributed by atoms with van der Waals surface area (Å²) in [6.45, 7) is -0.0579. The van der Waals surface area contributed by atoms with E-state index in [-0.39, 0.29) is 17.1 Å². The molecule has 0 unspecified atom stereocenters. The van der Waals surface area contributed by atoms with Crippen LogP contribution in [0.2, 0.25) is 0 Å². The Bertz CT molecular complexity index is 834. The van der Waals surface area contributed by atoms with Gasteiger partial charge in [-0.25, -0.2) is 8.42 Å². The summed E-state index contributed by atoms with van der Waals surface area (Å²) < 4.78 is 25.7. The fourth-order valence-electron chi connectivity index (χ4n) is 1.88. The molecule has 1 N–H and O–H groups in total. The van der Waals surface area contributed by atoms with Crippen molar-refractivity contribution >= 4 is 33.0 Å². The molecule has 1 heterocycles. The van der Waals surface area contributed by atoms with Crippen molar-refractivity contribution in [2.45, 2.75) is 11.4 Å². The van der Waals surface area contributed by atoms with E-state index < -0.39 is 20.9 Å². The van der Waals surface area contributed by atoms with Crippen LogP contribution in [0.3, 0.4) is 0 Å². The summed E-state index contributed by atoms with van der Waals surface area (Å²) in [5, 5.41) is 15.3. The summed E-state index contributed by atoms with van der Waals surface area (Å²) in [6, 6.07) is 8.42. The van der Waals surface area contributed by atoms with Crippen molar-refractivity contribution in [1.29, 1.82) is 0 Å². The molecule has 0 aliphatic carbocycles. The van der Waals surface area contributed by atoms with E-state index in [0.29, 0.717) is 6.54 Å². The Morgan fingerprint density at radius 3 is 2.71 bits per heavy atom. The number of hydrogen-bond acceptors (Lipinski definition) is 6. The number of benzene rings is 1. The van der Waals surface area contributed by atoms with Crippen LogP contribution in [0.1, 0.15) is 4.88 Å². The van der Waals surface area contributed by atoms with Gasteiger partial charge in [-0.1, -0.05) is 12.1 Å². The molecule has 2 rings (SSSR count). The molecule has 0 radical (unpaired) electrons. The lowest BCUT2D eigenvalue weighted by Gasteiger charge is -2.16. The summed E-state index contributed by atoms with van der Waals surface area (Å²) in [6.07, 6.45) is 0. The molecule has 1 aromatic carbocycles. The number of nitro benzene ring substituents is 1. The van der Waals surface area contributed by atoms with Crippen LogP contribution < -0.4 is 5.32 Å². The first-order valence-electron chi connectivity index (χ1n) is 6.80. The van der Waals surface area contributed by atoms with Crippen LogP contribution in [0.25, 0.3) is 0 Å². The number of likely N-dealkylation sites (N-methyl/N-ethyl adjacent to an activating group) is 1. The monoisotopic (exact) mass is 369 g/mol. The van der Waals surface area contributed by atoms with Crippen LogP contribution in [0, 0.1) is 10.1 Å². The second-order valence-corrected chi connectivity index (χ2v) is 7.95. The average molecular weight is 369 g/mol. The normalized spacial score (nSPS) is 11.4. The molecule has 24 heavy (non-hydrogen) atoms. The van der Waals surface area contributed by atoms with E-state index in [9.17, 15) is 23.3 Å². The van der Waals surface area contributed by atoms with E-state index in [2.05, 4.69) is 5.32 Å². The molecule has 1 amide bonds. The maximum Gasteiger partial charge on any atom is 0.270 e. The van der Waals surface area contributed by atoms with Gasteiger partial charge in [0.2, 0.25) is 15.9 Å². The summed E-state index contributed by atoms with van der Waals surface area (Å²) in [7, 11) is -2.74. The molecule has 0 fully saturated rings. The number of nitrogens with one attached hydrogen (secondary N) is 1. The summed E-state index contributed by atoms with van der Waals surface area (Å²) >= 11 is 1.48. The van der Waals surface area contributed by atoms with Gasteiger partial charge in [0.25, 0.3) is 5.69 Å². The Morgan fingerprint density at radius 1 is 1.33 bits per heavy atom. The predicted octanol–water partition coefficient (Wildman–Crippen LogP) is 1.59. The smallest absolute Gasteiger partial charge is 0.270 e. The predicted molar refractivity (Wildman–Crippen MR) is 89.1 cm³/mol. The van der Waals surface area contributed by atoms with Gasteiger partial charge in [0.1, 0.15) is 0 Å². The number of hydrogen-bond donors (Lipinski definition) is 1. The second kappa shape index (κ2) is 7.51. The van der Waals surface area contributed by atoms with Crippen LogP contribution in [0.5, 0.6) is 0 Å². The number of carbonyl (C=O) groups is 1. The maximum absolute atomic E-state index is 12.4. The molecule has 128 valence electrons. The highest BCUT2D eigenvalue weighted by Gasteiger charge is 2.24. The number of non-ortho nitro benzene ring substituents is 1. The highest BCUT2D eigenvalue weighted by molar-refractivity contribution is 7.89. The minimum atomic E-state index is -3.99. The van der Waals surface area contributed by atoms with Gasteiger partial charge in [0.05, 0.1) is 22.9 Å². The zero-order valence-electron chi connectivity index (χ0n) is 12.7. The van der Waals surface area contributed by atoms with Crippen molar-refractivity contribution in [3.05, 3.63) is 56.8 Å². The van der Waals surface area contributed by atoms with Gasteiger partial charge >= 0.3 is 0 Å². The Kier molecular flexibility index (Phi) is 5.65. The molecular weight excluding hydrogens is 354 g/mol. The summed E-state index contributed by atoms with van der Waals surface area (Å²) in [4.78, 5) is 22.7. The third-order valence-corrected chi connectivity index (χ3v) is 5.82. The van der Waals surface area contributed by atoms with Gasteiger partial charge in [-0.15, -0.1) is 11.3 Å². The van der Waals surface area contributed by atoms with Crippen molar-refractivity contribution in [2.24, 2.45) is 0 Å². The molecule has 1 aromatic heterocycles. The van der Waals surface area contributed by atoms with Crippen LogP contribution in [0.4, 0.5) is 5.69 Å². The molecule has 0 atom stereocenters. The first kappa shape index (κ1) is 18.0. The van der Waals surface area contributed by atoms with E-state index in [4.69, 9.17) is 0 Å². The lowest BCUT2D eigenvalue weighted by atomic mass is 10.3. The molecule has 0 aliphatic heterocycles. The zero-order valence-corrected chi connectivity index (χ0v) is 14.3. The standard InChI is InChI=1S/C14H15N3O5S2/c1-16(10-14(18)15-9-12-5-3-7-23-12)24(21,22)13-6-2-4-11(8-13)17(19)20/h2-8H,9-10H2,1H3,(H,15,18). The Hall–Kier alpha value is -2.30. The first-order valence-corrected chi connectivity index (χ1v) is 9.12. The van der Waals surface area contributed by atoms with E-state index >= 15 is 0 Å². The number of nitrogens with zero attached hydrogens (tertiary/aromatic N) is 2.